The SMILES string of the molecule is CCOc1ccc(-c2ccc(=O)n(C(C)C(=O)NCCNC(=O)c3ccc(NC(=O)C4CC4)cc3)n2)cc1. The second kappa shape index (κ2) is 12.2. The Labute approximate surface area is 220 Å². The summed E-state index contributed by atoms with van der Waals surface area (Å²) in [6.45, 7) is 4.44. The van der Waals surface area contributed by atoms with Crippen LogP contribution in [0, 0.1) is 5.92 Å². The van der Waals surface area contributed by atoms with Gasteiger partial charge in [0.1, 0.15) is 11.8 Å². The highest BCUT2D eigenvalue weighted by Gasteiger charge is 2.29. The number of amides is 3. The molecule has 4 rings (SSSR count). The summed E-state index contributed by atoms with van der Waals surface area (Å²) in [7, 11) is 0. The molecule has 2 aromatic carbocycles. The highest BCUT2D eigenvalue weighted by atomic mass is 16.5. The Morgan fingerprint density at radius 3 is 2.32 bits per heavy atom. The molecule has 1 fully saturated rings. The first-order valence-corrected chi connectivity index (χ1v) is 12.7. The van der Waals surface area contributed by atoms with E-state index in [1.807, 2.05) is 31.2 Å². The van der Waals surface area contributed by atoms with Crippen LogP contribution in [0.5, 0.6) is 5.75 Å². The van der Waals surface area contributed by atoms with Crippen LogP contribution in [0.1, 0.15) is 43.1 Å². The third kappa shape index (κ3) is 6.84. The second-order valence-corrected chi connectivity index (χ2v) is 9.02. The molecule has 1 aliphatic rings. The highest BCUT2D eigenvalue weighted by molar-refractivity contribution is 5.96. The van der Waals surface area contributed by atoms with Gasteiger partial charge in [0.2, 0.25) is 11.8 Å². The lowest BCUT2D eigenvalue weighted by Gasteiger charge is -2.15. The van der Waals surface area contributed by atoms with Crippen LogP contribution in [0.15, 0.2) is 65.5 Å². The molecule has 3 amide bonds. The number of hydrogen-bond acceptors (Lipinski definition) is 6. The van der Waals surface area contributed by atoms with Gasteiger partial charge >= 0.3 is 0 Å². The first-order valence-electron chi connectivity index (χ1n) is 12.7. The first-order chi connectivity index (χ1) is 18.4. The largest absolute Gasteiger partial charge is 0.494 e. The van der Waals surface area contributed by atoms with E-state index in [4.69, 9.17) is 4.74 Å². The lowest BCUT2D eigenvalue weighted by Crippen LogP contribution is -2.40. The molecule has 0 spiro atoms. The van der Waals surface area contributed by atoms with Crippen LogP contribution < -0.4 is 26.2 Å². The maximum absolute atomic E-state index is 12.7. The Hall–Kier alpha value is -4.47. The van der Waals surface area contributed by atoms with Crippen LogP contribution in [0.4, 0.5) is 5.69 Å². The predicted octanol–water partition coefficient (Wildman–Crippen LogP) is 2.76. The number of ether oxygens (including phenoxy) is 1. The zero-order valence-corrected chi connectivity index (χ0v) is 21.4. The fourth-order valence-electron chi connectivity index (χ4n) is 3.76. The third-order valence-corrected chi connectivity index (χ3v) is 6.10. The molecule has 0 radical (unpaired) electrons. The molecule has 3 aromatic rings. The van der Waals surface area contributed by atoms with Gasteiger partial charge in [0, 0.05) is 41.9 Å². The highest BCUT2D eigenvalue weighted by Crippen LogP contribution is 2.30. The molecular weight excluding hydrogens is 486 g/mol. The van der Waals surface area contributed by atoms with E-state index >= 15 is 0 Å². The van der Waals surface area contributed by atoms with E-state index in [9.17, 15) is 19.2 Å². The van der Waals surface area contributed by atoms with Crippen molar-refractivity contribution >= 4 is 23.4 Å². The van der Waals surface area contributed by atoms with Crippen molar-refractivity contribution in [2.75, 3.05) is 25.0 Å². The number of nitrogens with zero attached hydrogens (tertiary/aromatic N) is 2. The van der Waals surface area contributed by atoms with Crippen LogP contribution >= 0.6 is 0 Å². The normalized spacial score (nSPS) is 13.3. The number of rotatable bonds is 11. The molecule has 1 aromatic heterocycles. The van der Waals surface area contributed by atoms with Crippen LogP contribution in [0.2, 0.25) is 0 Å². The van der Waals surface area contributed by atoms with Gasteiger partial charge in [-0.2, -0.15) is 5.10 Å². The summed E-state index contributed by atoms with van der Waals surface area (Å²) in [4.78, 5) is 49.3. The topological polar surface area (TPSA) is 131 Å². The summed E-state index contributed by atoms with van der Waals surface area (Å²) in [5.41, 5.74) is 2.03. The quantitative estimate of drug-likeness (QED) is 0.335. The van der Waals surface area contributed by atoms with E-state index in [2.05, 4.69) is 21.0 Å². The molecule has 0 aliphatic heterocycles. The van der Waals surface area contributed by atoms with Gasteiger partial charge in [-0.05, 0) is 81.3 Å². The van der Waals surface area contributed by atoms with Gasteiger partial charge in [0.25, 0.3) is 11.5 Å². The summed E-state index contributed by atoms with van der Waals surface area (Å²) < 4.78 is 6.60. The van der Waals surface area contributed by atoms with E-state index in [-0.39, 0.29) is 30.8 Å². The number of carbonyl (C=O) groups excluding carboxylic acids is 3. The van der Waals surface area contributed by atoms with Crippen LogP contribution in [0.3, 0.4) is 0 Å². The van der Waals surface area contributed by atoms with E-state index in [0.717, 1.165) is 28.8 Å². The average Bonchev–Trinajstić information content (AvgIpc) is 3.78. The maximum atomic E-state index is 12.7. The molecule has 1 heterocycles. The van der Waals surface area contributed by atoms with Gasteiger partial charge in [0.15, 0.2) is 0 Å². The minimum absolute atomic E-state index is 0.00697. The van der Waals surface area contributed by atoms with E-state index in [1.165, 1.54) is 6.07 Å². The smallest absolute Gasteiger partial charge is 0.267 e. The van der Waals surface area contributed by atoms with Gasteiger partial charge in [-0.15, -0.1) is 0 Å². The zero-order chi connectivity index (χ0) is 27.1. The van der Waals surface area contributed by atoms with Crippen molar-refractivity contribution in [3.63, 3.8) is 0 Å². The second-order valence-electron chi connectivity index (χ2n) is 9.02. The van der Waals surface area contributed by atoms with E-state index in [1.54, 1.807) is 37.3 Å². The summed E-state index contributed by atoms with van der Waals surface area (Å²) in [5.74, 6) is 0.153. The van der Waals surface area contributed by atoms with Crippen molar-refractivity contribution in [1.29, 1.82) is 0 Å². The summed E-state index contributed by atoms with van der Waals surface area (Å²) in [6.07, 6.45) is 1.84. The average molecular weight is 518 g/mol. The van der Waals surface area contributed by atoms with Gasteiger partial charge in [-0.25, -0.2) is 4.68 Å². The predicted molar refractivity (Wildman–Crippen MR) is 143 cm³/mol. The van der Waals surface area contributed by atoms with Crippen LogP contribution in [-0.4, -0.2) is 47.2 Å². The van der Waals surface area contributed by atoms with Gasteiger partial charge in [-0.1, -0.05) is 0 Å². The van der Waals surface area contributed by atoms with Crippen molar-refractivity contribution in [2.45, 2.75) is 32.7 Å². The molecule has 3 N–H and O–H groups in total. The number of aromatic nitrogens is 2. The van der Waals surface area contributed by atoms with Crippen LogP contribution in [0.25, 0.3) is 11.3 Å². The number of anilines is 1. The van der Waals surface area contributed by atoms with Crippen molar-refractivity contribution in [3.05, 3.63) is 76.6 Å². The molecule has 1 unspecified atom stereocenters. The number of hydrogen-bond donors (Lipinski definition) is 3. The summed E-state index contributed by atoms with van der Waals surface area (Å²) in [5, 5.41) is 12.7. The lowest BCUT2D eigenvalue weighted by molar-refractivity contribution is -0.124. The number of benzene rings is 2. The summed E-state index contributed by atoms with van der Waals surface area (Å²) >= 11 is 0. The minimum Gasteiger partial charge on any atom is -0.494 e. The molecule has 0 bridgehead atoms. The fraction of sp³-hybridized carbons (Fsp3) is 0.321. The molecule has 38 heavy (non-hydrogen) atoms. The molecule has 198 valence electrons. The molecule has 10 nitrogen and oxygen atoms in total. The Kier molecular flexibility index (Phi) is 8.52. The molecule has 0 saturated heterocycles. The fourth-order valence-corrected chi connectivity index (χ4v) is 3.76. The molecule has 1 aliphatic carbocycles. The summed E-state index contributed by atoms with van der Waals surface area (Å²) in [6, 6.07) is 16.1. The molecule has 10 heteroatoms. The third-order valence-electron chi connectivity index (χ3n) is 6.10. The van der Waals surface area contributed by atoms with Gasteiger partial charge < -0.3 is 20.7 Å². The Bertz CT molecular complexity index is 1350. The van der Waals surface area contributed by atoms with Crippen molar-refractivity contribution in [3.8, 4) is 17.0 Å². The minimum atomic E-state index is -0.848. The first kappa shape index (κ1) is 26.6. The van der Waals surface area contributed by atoms with Crippen LogP contribution in [-0.2, 0) is 9.59 Å². The number of carbonyl (C=O) groups is 3. The van der Waals surface area contributed by atoms with Crippen molar-refractivity contribution < 1.29 is 19.1 Å². The van der Waals surface area contributed by atoms with Gasteiger partial charge in [-0.3, -0.25) is 19.2 Å². The lowest BCUT2D eigenvalue weighted by atomic mass is 10.1. The van der Waals surface area contributed by atoms with Crippen molar-refractivity contribution in [2.24, 2.45) is 5.92 Å². The Balaban J connectivity index is 1.26. The zero-order valence-electron chi connectivity index (χ0n) is 21.4. The van der Waals surface area contributed by atoms with E-state index in [0.29, 0.717) is 23.6 Å². The Morgan fingerprint density at radius 1 is 0.974 bits per heavy atom. The monoisotopic (exact) mass is 517 g/mol. The van der Waals surface area contributed by atoms with E-state index < -0.39 is 17.5 Å². The molecular formula is C28H31N5O5. The van der Waals surface area contributed by atoms with Gasteiger partial charge in [0.05, 0.1) is 12.3 Å². The molecule has 1 saturated carbocycles. The molecule has 1 atom stereocenters. The standard InChI is InChI=1S/C28H31N5O5/c1-3-38-23-12-8-19(9-13-23)24-14-15-25(34)33(32-24)18(2)26(35)29-16-17-30-27(36)20-6-10-22(11-7-20)31-28(37)21-4-5-21/h6-15,18,21H,3-5,16-17H2,1-2H3,(H,29,35)(H,30,36)(H,31,37). The number of nitrogens with one attached hydrogen (secondary N) is 3. The Morgan fingerprint density at radius 2 is 1.66 bits per heavy atom. The maximum Gasteiger partial charge on any atom is 0.267 e. The van der Waals surface area contributed by atoms with Crippen molar-refractivity contribution in [1.82, 2.24) is 20.4 Å².